The van der Waals surface area contributed by atoms with Gasteiger partial charge in [0.05, 0.1) is 17.8 Å². The Bertz CT molecular complexity index is 1270. The van der Waals surface area contributed by atoms with Gasteiger partial charge in [-0.05, 0) is 41.5 Å². The molecule has 1 aromatic heterocycles. The van der Waals surface area contributed by atoms with E-state index in [1.165, 1.54) is 6.07 Å². The van der Waals surface area contributed by atoms with Crippen LogP contribution in [0.3, 0.4) is 0 Å². The van der Waals surface area contributed by atoms with Crippen molar-refractivity contribution in [1.29, 1.82) is 0 Å². The molecule has 3 amide bonds. The maximum Gasteiger partial charge on any atom is 0.418 e. The van der Waals surface area contributed by atoms with E-state index in [-0.39, 0.29) is 5.56 Å². The van der Waals surface area contributed by atoms with Gasteiger partial charge in [0.25, 0.3) is 11.8 Å². The molecule has 182 valence electrons. The van der Waals surface area contributed by atoms with Crippen LogP contribution in [-0.2, 0) is 21.3 Å². The number of aromatic nitrogens is 1. The van der Waals surface area contributed by atoms with Crippen LogP contribution in [-0.4, -0.2) is 29.3 Å². The van der Waals surface area contributed by atoms with Crippen molar-refractivity contribution in [3.8, 4) is 11.1 Å². The van der Waals surface area contributed by atoms with E-state index in [1.54, 1.807) is 42.5 Å². The minimum absolute atomic E-state index is 0.182. The number of carbonyl (C=O) groups is 3. The van der Waals surface area contributed by atoms with Crippen molar-refractivity contribution in [1.82, 2.24) is 15.6 Å². The number of nitrogens with two attached hydrogens (primary N) is 1. The number of hydrogen-bond donors (Lipinski definition) is 3. The standard InChI is InChI=1S/C24H20ClF3N4O3/c1-14(33)32-22(35)23(29,20-19(24(26,27)28)7-4-12-30-20)13-31-21(34)18-6-3-2-5-17(18)15-8-10-16(25)11-9-15/h2-12H,13,29H2,1H3,(H,31,34)(H,32,33,35). The van der Waals surface area contributed by atoms with Gasteiger partial charge in [0.2, 0.25) is 5.91 Å². The van der Waals surface area contributed by atoms with Crippen molar-refractivity contribution >= 4 is 29.3 Å². The van der Waals surface area contributed by atoms with Crippen LogP contribution in [0.15, 0.2) is 66.9 Å². The van der Waals surface area contributed by atoms with E-state index in [9.17, 15) is 27.6 Å². The number of benzene rings is 2. The molecule has 3 aromatic rings. The van der Waals surface area contributed by atoms with E-state index >= 15 is 0 Å². The highest BCUT2D eigenvalue weighted by atomic mass is 35.5. The molecule has 7 nitrogen and oxygen atoms in total. The summed E-state index contributed by atoms with van der Waals surface area (Å²) in [5.41, 5.74) is 2.90. The minimum Gasteiger partial charge on any atom is -0.349 e. The molecule has 0 aliphatic heterocycles. The van der Waals surface area contributed by atoms with Crippen molar-refractivity contribution in [2.75, 3.05) is 6.54 Å². The summed E-state index contributed by atoms with van der Waals surface area (Å²) in [5, 5.41) is 4.81. The molecule has 0 bridgehead atoms. The van der Waals surface area contributed by atoms with Crippen LogP contribution in [0.1, 0.15) is 28.5 Å². The second-order valence-corrected chi connectivity index (χ2v) is 8.05. The zero-order valence-corrected chi connectivity index (χ0v) is 19.1. The van der Waals surface area contributed by atoms with E-state index < -0.39 is 47.2 Å². The lowest BCUT2D eigenvalue weighted by Crippen LogP contribution is -2.59. The molecule has 0 saturated carbocycles. The number of nitrogens with one attached hydrogen (secondary N) is 2. The molecular weight excluding hydrogens is 485 g/mol. The van der Waals surface area contributed by atoms with Gasteiger partial charge in [-0.2, -0.15) is 13.2 Å². The highest BCUT2D eigenvalue weighted by Crippen LogP contribution is 2.35. The number of imide groups is 1. The lowest BCUT2D eigenvalue weighted by atomic mass is 9.90. The summed E-state index contributed by atoms with van der Waals surface area (Å²) in [7, 11) is 0. The first kappa shape index (κ1) is 25.9. The molecular formula is C24H20ClF3N4O3. The maximum absolute atomic E-state index is 13.6. The Labute approximate surface area is 203 Å². The summed E-state index contributed by atoms with van der Waals surface area (Å²) >= 11 is 5.93. The van der Waals surface area contributed by atoms with Crippen LogP contribution >= 0.6 is 11.6 Å². The van der Waals surface area contributed by atoms with Crippen molar-refractivity contribution in [2.24, 2.45) is 5.73 Å². The summed E-state index contributed by atoms with van der Waals surface area (Å²) in [5.74, 6) is -2.79. The van der Waals surface area contributed by atoms with Crippen molar-refractivity contribution in [3.05, 3.63) is 88.7 Å². The van der Waals surface area contributed by atoms with Crippen LogP contribution in [0.25, 0.3) is 11.1 Å². The number of amides is 3. The quantitative estimate of drug-likeness (QED) is 0.474. The Morgan fingerprint density at radius 3 is 2.29 bits per heavy atom. The number of nitrogens with zero attached hydrogens (tertiary/aromatic N) is 1. The molecule has 0 fully saturated rings. The van der Waals surface area contributed by atoms with Crippen molar-refractivity contribution < 1.29 is 27.6 Å². The molecule has 0 spiro atoms. The molecule has 1 atom stereocenters. The van der Waals surface area contributed by atoms with Gasteiger partial charge in [-0.3, -0.25) is 24.7 Å². The molecule has 3 rings (SSSR count). The van der Waals surface area contributed by atoms with Crippen molar-refractivity contribution in [3.63, 3.8) is 0 Å². The fourth-order valence-electron chi connectivity index (χ4n) is 3.41. The van der Waals surface area contributed by atoms with Crippen LogP contribution in [0.5, 0.6) is 0 Å². The highest BCUT2D eigenvalue weighted by molar-refractivity contribution is 6.30. The van der Waals surface area contributed by atoms with Gasteiger partial charge in [-0.15, -0.1) is 0 Å². The zero-order valence-electron chi connectivity index (χ0n) is 18.3. The van der Waals surface area contributed by atoms with Gasteiger partial charge in [-0.1, -0.05) is 41.9 Å². The molecule has 1 heterocycles. The highest BCUT2D eigenvalue weighted by Gasteiger charge is 2.46. The normalized spacial score (nSPS) is 13.0. The Balaban J connectivity index is 1.98. The van der Waals surface area contributed by atoms with Crippen LogP contribution in [0, 0.1) is 0 Å². The molecule has 4 N–H and O–H groups in total. The summed E-state index contributed by atoms with van der Waals surface area (Å²) in [4.78, 5) is 41.0. The van der Waals surface area contributed by atoms with Gasteiger partial charge in [0.15, 0.2) is 5.54 Å². The van der Waals surface area contributed by atoms with Gasteiger partial charge < -0.3 is 11.1 Å². The van der Waals surface area contributed by atoms with Crippen LogP contribution < -0.4 is 16.4 Å². The Hall–Kier alpha value is -3.76. The second kappa shape index (κ2) is 10.2. The lowest BCUT2D eigenvalue weighted by Gasteiger charge is -2.29. The molecule has 1 unspecified atom stereocenters. The fraction of sp³-hybridized carbons (Fsp3) is 0.167. The van der Waals surface area contributed by atoms with E-state index in [2.05, 4.69) is 10.3 Å². The third kappa shape index (κ3) is 5.84. The second-order valence-electron chi connectivity index (χ2n) is 7.61. The number of hydrogen-bond acceptors (Lipinski definition) is 5. The van der Waals surface area contributed by atoms with E-state index in [0.29, 0.717) is 22.2 Å². The predicted molar refractivity (Wildman–Crippen MR) is 123 cm³/mol. The molecule has 11 heteroatoms. The van der Waals surface area contributed by atoms with Crippen LogP contribution in [0.2, 0.25) is 5.02 Å². The molecule has 0 aliphatic carbocycles. The Morgan fingerprint density at radius 2 is 1.66 bits per heavy atom. The Morgan fingerprint density at radius 1 is 1.00 bits per heavy atom. The predicted octanol–water partition coefficient (Wildman–Crippen LogP) is 3.67. The number of alkyl halides is 3. The van der Waals surface area contributed by atoms with Gasteiger partial charge in [0.1, 0.15) is 0 Å². The van der Waals surface area contributed by atoms with E-state index in [4.69, 9.17) is 17.3 Å². The monoisotopic (exact) mass is 504 g/mol. The average molecular weight is 505 g/mol. The molecule has 2 aromatic carbocycles. The molecule has 0 radical (unpaired) electrons. The topological polar surface area (TPSA) is 114 Å². The lowest BCUT2D eigenvalue weighted by molar-refractivity contribution is -0.140. The van der Waals surface area contributed by atoms with Crippen molar-refractivity contribution in [2.45, 2.75) is 18.6 Å². The largest absolute Gasteiger partial charge is 0.418 e. The van der Waals surface area contributed by atoms with Gasteiger partial charge >= 0.3 is 6.18 Å². The first-order valence-corrected chi connectivity index (χ1v) is 10.6. The first-order valence-electron chi connectivity index (χ1n) is 10.2. The summed E-state index contributed by atoms with van der Waals surface area (Å²) in [6.45, 7) is 0.225. The number of carbonyl (C=O) groups excluding carboxylic acids is 3. The molecule has 35 heavy (non-hydrogen) atoms. The Kier molecular flexibility index (Phi) is 7.57. The number of halogens is 4. The third-order valence-corrected chi connectivity index (χ3v) is 5.34. The first-order chi connectivity index (χ1) is 16.4. The minimum atomic E-state index is -4.89. The van der Waals surface area contributed by atoms with E-state index in [1.807, 2.05) is 5.32 Å². The van der Waals surface area contributed by atoms with E-state index in [0.717, 1.165) is 19.2 Å². The number of pyridine rings is 1. The summed E-state index contributed by atoms with van der Waals surface area (Å²) in [6.07, 6.45) is -3.86. The number of rotatable bonds is 6. The van der Waals surface area contributed by atoms with Gasteiger partial charge in [0, 0.05) is 23.7 Å². The summed E-state index contributed by atoms with van der Waals surface area (Å²) < 4.78 is 40.9. The maximum atomic E-state index is 13.6. The SMILES string of the molecule is CC(=O)NC(=O)C(N)(CNC(=O)c1ccccc1-c1ccc(Cl)cc1)c1ncccc1C(F)(F)F. The third-order valence-electron chi connectivity index (χ3n) is 5.09. The smallest absolute Gasteiger partial charge is 0.349 e. The van der Waals surface area contributed by atoms with Crippen LogP contribution in [0.4, 0.5) is 13.2 Å². The average Bonchev–Trinajstić information content (AvgIpc) is 2.82. The fourth-order valence-corrected chi connectivity index (χ4v) is 3.54. The molecule has 0 saturated heterocycles. The summed E-state index contributed by atoms with van der Waals surface area (Å²) in [6, 6.07) is 14.9. The zero-order chi connectivity index (χ0) is 25.8. The van der Waals surface area contributed by atoms with Gasteiger partial charge in [-0.25, -0.2) is 0 Å². The molecule has 0 aliphatic rings.